The van der Waals surface area contributed by atoms with Gasteiger partial charge in [0, 0.05) is 30.8 Å². The Hall–Kier alpha value is -2.75. The first-order chi connectivity index (χ1) is 14.8. The number of nitrogens with two attached hydrogens (primary N) is 1. The van der Waals surface area contributed by atoms with Crippen molar-refractivity contribution in [3.05, 3.63) is 77.0 Å². The molecule has 0 amide bonds. The molecule has 0 bridgehead atoms. The average Bonchev–Trinajstić information content (AvgIpc) is 3.20. The summed E-state index contributed by atoms with van der Waals surface area (Å²) in [4.78, 5) is 4.30. The molecule has 1 aliphatic rings. The van der Waals surface area contributed by atoms with E-state index in [0.717, 1.165) is 30.0 Å². The fourth-order valence-corrected chi connectivity index (χ4v) is 2.56. The van der Waals surface area contributed by atoms with Crippen molar-refractivity contribution in [3.63, 3.8) is 0 Å². The highest BCUT2D eigenvalue weighted by Crippen LogP contribution is 2.20. The van der Waals surface area contributed by atoms with E-state index in [9.17, 15) is 8.78 Å². The lowest BCUT2D eigenvalue weighted by atomic mass is 10.1. The highest BCUT2D eigenvalue weighted by atomic mass is 32.1. The smallest absolute Gasteiger partial charge is 0.335 e. The van der Waals surface area contributed by atoms with E-state index in [4.69, 9.17) is 18.9 Å². The van der Waals surface area contributed by atoms with Crippen LogP contribution in [0.4, 0.5) is 8.78 Å². The van der Waals surface area contributed by atoms with Crippen molar-refractivity contribution in [1.29, 1.82) is 0 Å². The van der Waals surface area contributed by atoms with Crippen molar-refractivity contribution in [2.24, 2.45) is 10.7 Å². The van der Waals surface area contributed by atoms with Crippen molar-refractivity contribution in [2.45, 2.75) is 39.8 Å². The maximum absolute atomic E-state index is 13.7. The predicted molar refractivity (Wildman–Crippen MR) is 118 cm³/mol. The van der Waals surface area contributed by atoms with Crippen LogP contribution in [0.2, 0.25) is 0 Å². The summed E-state index contributed by atoms with van der Waals surface area (Å²) >= 11 is -0.750. The molecule has 0 radical (unpaired) electrons. The molecule has 3 rings (SSSR count). The number of aryl methyl sites for hydroxylation is 1. The Morgan fingerprint density at radius 1 is 1.19 bits per heavy atom. The van der Waals surface area contributed by atoms with Gasteiger partial charge in [0.1, 0.15) is 17.4 Å². The number of hydrogen-bond acceptors (Lipinski definition) is 6. The first kappa shape index (κ1) is 26.3. The van der Waals surface area contributed by atoms with Crippen molar-refractivity contribution < 1.29 is 21.9 Å². The molecule has 31 heavy (non-hydrogen) atoms. The predicted octanol–water partition coefficient (Wildman–Crippen LogP) is 3.81. The number of rotatable bonds is 5. The third kappa shape index (κ3) is 9.73. The number of ether oxygens (including phenoxy) is 1. The van der Waals surface area contributed by atoms with Gasteiger partial charge in [0.2, 0.25) is 0 Å². The van der Waals surface area contributed by atoms with Gasteiger partial charge in [-0.2, -0.15) is 8.42 Å². The molecule has 0 spiro atoms. The molecular formula is C22H27F2N3O3S. The second-order valence-corrected chi connectivity index (χ2v) is 6.77. The van der Waals surface area contributed by atoms with Crippen molar-refractivity contribution in [1.82, 2.24) is 5.32 Å². The topological polar surface area (TPSA) is 93.8 Å². The molecule has 6 nitrogen and oxygen atoms in total. The number of halogens is 2. The van der Waals surface area contributed by atoms with Crippen LogP contribution in [0.1, 0.15) is 31.4 Å². The van der Waals surface area contributed by atoms with Crippen LogP contribution in [0.3, 0.4) is 0 Å². The Bertz CT molecular complexity index is 928. The van der Waals surface area contributed by atoms with Gasteiger partial charge in [-0.05, 0) is 56.3 Å². The molecule has 1 heterocycles. The second-order valence-electron chi connectivity index (χ2n) is 6.63. The van der Waals surface area contributed by atoms with Gasteiger partial charge in [-0.1, -0.05) is 24.6 Å². The quantitative estimate of drug-likeness (QED) is 0.721. The van der Waals surface area contributed by atoms with Gasteiger partial charge >= 0.3 is 11.6 Å². The minimum Gasteiger partial charge on any atom is -0.443 e. The summed E-state index contributed by atoms with van der Waals surface area (Å²) in [5.74, 6) is 0.523. The fourth-order valence-electron chi connectivity index (χ4n) is 2.56. The van der Waals surface area contributed by atoms with Gasteiger partial charge in [0.05, 0.1) is 0 Å². The largest absolute Gasteiger partial charge is 0.443 e. The molecule has 0 aromatic heterocycles. The molecule has 168 valence electrons. The molecule has 1 unspecified atom stereocenters. The Morgan fingerprint density at radius 2 is 1.81 bits per heavy atom. The summed E-state index contributed by atoms with van der Waals surface area (Å²) in [7, 11) is 0. The molecule has 1 atom stereocenters. The van der Waals surface area contributed by atoms with Crippen LogP contribution in [0.5, 0.6) is 5.75 Å². The molecule has 0 saturated carbocycles. The van der Waals surface area contributed by atoms with Crippen LogP contribution < -0.4 is 15.8 Å². The summed E-state index contributed by atoms with van der Waals surface area (Å²) in [5.41, 5.74) is 7.36. The zero-order valence-corrected chi connectivity index (χ0v) is 18.5. The van der Waals surface area contributed by atoms with E-state index in [0.29, 0.717) is 17.9 Å². The average molecular weight is 452 g/mol. The molecule has 9 heteroatoms. The first-order valence-corrected chi connectivity index (χ1v) is 10.3. The lowest BCUT2D eigenvalue weighted by molar-refractivity contribution is 0.529. The zero-order valence-electron chi connectivity index (χ0n) is 17.7. The number of nitrogens with one attached hydrogen (secondary N) is 1. The van der Waals surface area contributed by atoms with Crippen LogP contribution in [-0.2, 0) is 18.1 Å². The van der Waals surface area contributed by atoms with E-state index < -0.39 is 23.2 Å². The summed E-state index contributed by atoms with van der Waals surface area (Å²) < 4.78 is 49.2. The van der Waals surface area contributed by atoms with E-state index in [1.807, 2.05) is 45.0 Å². The van der Waals surface area contributed by atoms with Gasteiger partial charge in [0.15, 0.2) is 5.90 Å². The van der Waals surface area contributed by atoms with Gasteiger partial charge in [-0.3, -0.25) is 0 Å². The summed E-state index contributed by atoms with van der Waals surface area (Å²) in [6, 6.07) is 11.2. The summed E-state index contributed by atoms with van der Waals surface area (Å²) in [5, 5.41) is 3.20. The van der Waals surface area contributed by atoms with Crippen LogP contribution >= 0.6 is 0 Å². The van der Waals surface area contributed by atoms with Gasteiger partial charge in [-0.25, -0.2) is 13.8 Å². The number of aliphatic imine (C=N–C) groups is 1. The molecule has 2 aromatic carbocycles. The minimum absolute atomic E-state index is 0.0227. The standard InChI is InChI=1S/C20H20F2N2O.C2H7N.O2S/c1-13-3-6-18(7-4-13)25-20-10-15(11-24-20)14(2)23-12-16-9-17(21)5-8-19(16)22;1-2-3;1-3-2/h3-9,11,14,23H,10,12H2,1-2H3;2-3H2,1H3;. The molecule has 0 fully saturated rings. The third-order valence-corrected chi connectivity index (χ3v) is 4.15. The van der Waals surface area contributed by atoms with Crippen LogP contribution in [-0.4, -0.2) is 26.9 Å². The van der Waals surface area contributed by atoms with E-state index in [2.05, 4.69) is 10.3 Å². The number of benzene rings is 2. The fraction of sp³-hybridized carbons (Fsp3) is 0.318. The van der Waals surface area contributed by atoms with E-state index in [-0.39, 0.29) is 12.6 Å². The minimum atomic E-state index is -0.750. The van der Waals surface area contributed by atoms with Gasteiger partial charge in [0.25, 0.3) is 0 Å². The summed E-state index contributed by atoms with van der Waals surface area (Å²) in [6.07, 6.45) is 2.36. The highest BCUT2D eigenvalue weighted by molar-refractivity contribution is 7.51. The Morgan fingerprint density at radius 3 is 2.42 bits per heavy atom. The Kier molecular flexibility index (Phi) is 12.1. The van der Waals surface area contributed by atoms with Crippen molar-refractivity contribution in [3.8, 4) is 5.75 Å². The van der Waals surface area contributed by atoms with Crippen LogP contribution in [0.25, 0.3) is 0 Å². The van der Waals surface area contributed by atoms with Crippen molar-refractivity contribution >= 4 is 17.5 Å². The Balaban J connectivity index is 0.000000720. The van der Waals surface area contributed by atoms with Gasteiger partial charge in [-0.15, -0.1) is 0 Å². The molecular weight excluding hydrogens is 424 g/mol. The SMILES string of the molecule is CCN.Cc1ccc(OC2=NC=C(C(C)NCc3cc(F)ccc3F)C2)cc1.O=S=O. The van der Waals surface area contributed by atoms with Crippen LogP contribution in [0.15, 0.2) is 59.2 Å². The number of hydrogen-bond donors (Lipinski definition) is 2. The molecule has 2 aromatic rings. The second kappa shape index (κ2) is 14.3. The Labute approximate surface area is 184 Å². The van der Waals surface area contributed by atoms with E-state index in [1.165, 1.54) is 11.6 Å². The van der Waals surface area contributed by atoms with E-state index in [1.54, 1.807) is 6.20 Å². The highest BCUT2D eigenvalue weighted by Gasteiger charge is 2.18. The van der Waals surface area contributed by atoms with Crippen molar-refractivity contribution in [2.75, 3.05) is 6.54 Å². The maximum atomic E-state index is 13.7. The molecule has 0 aliphatic carbocycles. The molecule has 1 aliphatic heterocycles. The number of nitrogens with zero attached hydrogens (tertiary/aromatic N) is 1. The van der Waals surface area contributed by atoms with E-state index >= 15 is 0 Å². The zero-order chi connectivity index (χ0) is 23.2. The first-order valence-electron chi connectivity index (χ1n) is 9.63. The van der Waals surface area contributed by atoms with Crippen LogP contribution in [0, 0.1) is 18.6 Å². The lowest BCUT2D eigenvalue weighted by Gasteiger charge is -2.15. The normalized spacial score (nSPS) is 13.0. The third-order valence-electron chi connectivity index (χ3n) is 4.15. The summed E-state index contributed by atoms with van der Waals surface area (Å²) in [6.45, 7) is 6.88. The maximum Gasteiger partial charge on any atom is 0.335 e. The van der Waals surface area contributed by atoms with Gasteiger partial charge < -0.3 is 15.8 Å². The molecule has 0 saturated heterocycles. The molecule has 3 N–H and O–H groups in total. The lowest BCUT2D eigenvalue weighted by Crippen LogP contribution is -2.28. The monoisotopic (exact) mass is 451 g/mol.